The predicted molar refractivity (Wildman–Crippen MR) is 145 cm³/mol. The molecule has 2 atom stereocenters. The molecule has 4 amide bonds. The van der Waals surface area contributed by atoms with Crippen LogP contribution in [0.3, 0.4) is 0 Å². The van der Waals surface area contributed by atoms with E-state index >= 15 is 0 Å². The van der Waals surface area contributed by atoms with Crippen LogP contribution >= 0.6 is 0 Å². The Labute approximate surface area is 252 Å². The highest BCUT2D eigenvalue weighted by Crippen LogP contribution is 2.44. The van der Waals surface area contributed by atoms with Crippen molar-refractivity contribution in [3.05, 3.63) is 11.9 Å². The highest BCUT2D eigenvalue weighted by molar-refractivity contribution is 6.09. The molecule has 1 aliphatic rings. The first-order valence-electron chi connectivity index (χ1n) is 13.4. The number of ether oxygens (including phenoxy) is 4. The molecule has 246 valence electrons. The number of methoxy groups -OCH3 is 1. The fourth-order valence-electron chi connectivity index (χ4n) is 4.05. The Morgan fingerprint density at radius 1 is 0.909 bits per heavy atom. The molecule has 1 aromatic rings. The van der Waals surface area contributed by atoms with Crippen LogP contribution in [0.25, 0.3) is 0 Å². The average Bonchev–Trinajstić information content (AvgIpc) is 2.81. The van der Waals surface area contributed by atoms with Gasteiger partial charge in [-0.05, 0) is 68.7 Å². The summed E-state index contributed by atoms with van der Waals surface area (Å²) >= 11 is 0. The summed E-state index contributed by atoms with van der Waals surface area (Å²) in [6, 6.07) is 0. The fourth-order valence-corrected chi connectivity index (χ4v) is 4.05. The second kappa shape index (κ2) is 12.5. The minimum absolute atomic E-state index is 0.228. The van der Waals surface area contributed by atoms with E-state index in [1.165, 1.54) is 20.8 Å². The summed E-state index contributed by atoms with van der Waals surface area (Å²) in [6.07, 6.45) is -9.73. The summed E-state index contributed by atoms with van der Waals surface area (Å²) in [7, 11) is 0.874. The number of esters is 1. The average molecular weight is 634 g/mol. The minimum Gasteiger partial charge on any atom is -0.468 e. The van der Waals surface area contributed by atoms with Crippen molar-refractivity contribution in [1.82, 2.24) is 20.1 Å². The zero-order valence-corrected chi connectivity index (χ0v) is 26.3. The molecule has 1 fully saturated rings. The molecular formula is C27H38F3N5O9. The highest BCUT2D eigenvalue weighted by atomic mass is 19.4. The molecule has 2 heterocycles. The third-order valence-electron chi connectivity index (χ3n) is 5.74. The van der Waals surface area contributed by atoms with Crippen LogP contribution < -0.4 is 4.90 Å². The molecule has 0 aliphatic carbocycles. The number of aromatic nitrogens is 3. The Morgan fingerprint density at radius 2 is 1.41 bits per heavy atom. The van der Waals surface area contributed by atoms with E-state index in [-0.39, 0.29) is 10.6 Å². The van der Waals surface area contributed by atoms with Gasteiger partial charge in [0.1, 0.15) is 16.8 Å². The van der Waals surface area contributed by atoms with Crippen molar-refractivity contribution < 1.29 is 56.1 Å². The number of carbonyl (C=O) groups excluding carboxylic acids is 5. The predicted octanol–water partition coefficient (Wildman–Crippen LogP) is 4.60. The van der Waals surface area contributed by atoms with Crippen LogP contribution in [0.1, 0.15) is 74.4 Å². The molecule has 0 N–H and O–H groups in total. The largest absolute Gasteiger partial charge is 0.468 e. The maximum absolute atomic E-state index is 14.0. The molecule has 44 heavy (non-hydrogen) atoms. The van der Waals surface area contributed by atoms with Gasteiger partial charge < -0.3 is 18.9 Å². The lowest BCUT2D eigenvalue weighted by molar-refractivity contribution is -0.204. The van der Waals surface area contributed by atoms with E-state index in [0.717, 1.165) is 13.3 Å². The Hall–Kier alpha value is -4.05. The zero-order valence-electron chi connectivity index (χ0n) is 26.3. The summed E-state index contributed by atoms with van der Waals surface area (Å²) in [4.78, 5) is 69.8. The molecule has 14 nitrogen and oxygen atoms in total. The van der Waals surface area contributed by atoms with Crippen molar-refractivity contribution in [1.29, 1.82) is 0 Å². The van der Waals surface area contributed by atoms with Crippen LogP contribution in [0.5, 0.6) is 0 Å². The number of anilines is 1. The molecular weight excluding hydrogens is 595 g/mol. The SMILES string of the molecule is COC(=O)C1(Cc2cnc(N(C(=O)OC(C)(C)C)C(=O)OC(C)(C)C)nn2)C[C@@H](C(F)(F)F)CN(C(=O)OC(C)(C)C)C1=O. The third-order valence-corrected chi connectivity index (χ3v) is 5.74. The topological polar surface area (TPSA) is 167 Å². The van der Waals surface area contributed by atoms with Crippen molar-refractivity contribution >= 4 is 36.1 Å². The summed E-state index contributed by atoms with van der Waals surface area (Å²) in [5.74, 6) is -5.60. The number of hydrogen-bond acceptors (Lipinski definition) is 12. The van der Waals surface area contributed by atoms with Gasteiger partial charge in [0.25, 0.3) is 5.95 Å². The van der Waals surface area contributed by atoms with Crippen molar-refractivity contribution in [3.8, 4) is 0 Å². The molecule has 0 saturated carbocycles. The number of rotatable bonds is 4. The lowest BCUT2D eigenvalue weighted by Gasteiger charge is -2.42. The van der Waals surface area contributed by atoms with E-state index in [2.05, 4.69) is 15.2 Å². The van der Waals surface area contributed by atoms with Crippen LogP contribution in [-0.4, -0.2) is 86.9 Å². The van der Waals surface area contributed by atoms with Gasteiger partial charge in [0.05, 0.1) is 24.9 Å². The van der Waals surface area contributed by atoms with Crippen molar-refractivity contribution in [2.75, 3.05) is 18.6 Å². The first-order chi connectivity index (χ1) is 19.8. The molecule has 1 aliphatic heterocycles. The maximum atomic E-state index is 14.0. The maximum Gasteiger partial charge on any atom is 0.427 e. The van der Waals surface area contributed by atoms with Crippen LogP contribution in [-0.2, 0) is 35.0 Å². The second-order valence-corrected chi connectivity index (χ2v) is 13.1. The van der Waals surface area contributed by atoms with Gasteiger partial charge in [0.15, 0.2) is 5.41 Å². The molecule has 2 rings (SSSR count). The first kappa shape index (κ1) is 36.1. The number of likely N-dealkylation sites (tertiary alicyclic amines) is 1. The molecule has 1 aromatic heterocycles. The van der Waals surface area contributed by atoms with E-state index in [9.17, 15) is 37.1 Å². The van der Waals surface area contributed by atoms with E-state index in [4.69, 9.17) is 18.9 Å². The molecule has 0 spiro atoms. The van der Waals surface area contributed by atoms with Gasteiger partial charge in [-0.15, -0.1) is 10.00 Å². The fraction of sp³-hybridized carbons (Fsp3) is 0.704. The molecule has 0 bridgehead atoms. The Morgan fingerprint density at radius 3 is 1.80 bits per heavy atom. The molecule has 1 saturated heterocycles. The van der Waals surface area contributed by atoms with Crippen molar-refractivity contribution in [3.63, 3.8) is 0 Å². The van der Waals surface area contributed by atoms with Crippen LogP contribution in [0.4, 0.5) is 33.5 Å². The van der Waals surface area contributed by atoms with Gasteiger partial charge in [-0.3, -0.25) is 9.59 Å². The molecule has 1 unspecified atom stereocenters. The number of imide groups is 2. The summed E-state index contributed by atoms with van der Waals surface area (Å²) < 4.78 is 62.5. The van der Waals surface area contributed by atoms with Gasteiger partial charge in [-0.1, -0.05) is 0 Å². The van der Waals surface area contributed by atoms with E-state index < -0.39 is 89.8 Å². The number of carbonyl (C=O) groups is 5. The normalized spacial score (nSPS) is 19.6. The number of piperidine rings is 1. The van der Waals surface area contributed by atoms with E-state index in [1.807, 2.05) is 0 Å². The van der Waals surface area contributed by atoms with Crippen molar-refractivity contribution in [2.45, 2.75) is 98.1 Å². The summed E-state index contributed by atoms with van der Waals surface area (Å²) in [5.41, 5.74) is -6.15. The molecule has 0 radical (unpaired) electrons. The van der Waals surface area contributed by atoms with Crippen LogP contribution in [0, 0.1) is 11.3 Å². The molecule has 17 heteroatoms. The lowest BCUT2D eigenvalue weighted by atomic mass is 9.71. The zero-order chi connectivity index (χ0) is 34.1. The number of alkyl halides is 3. The quantitative estimate of drug-likeness (QED) is 0.257. The lowest BCUT2D eigenvalue weighted by Crippen LogP contribution is -2.61. The van der Waals surface area contributed by atoms with Gasteiger partial charge in [-0.2, -0.15) is 18.3 Å². The molecule has 0 aromatic carbocycles. The Kier molecular flexibility index (Phi) is 10.3. The first-order valence-corrected chi connectivity index (χ1v) is 13.4. The second-order valence-electron chi connectivity index (χ2n) is 13.1. The Balaban J connectivity index is 2.58. The number of hydrogen-bond donors (Lipinski definition) is 0. The highest BCUT2D eigenvalue weighted by Gasteiger charge is 2.61. The minimum atomic E-state index is -4.92. The van der Waals surface area contributed by atoms with Gasteiger partial charge >= 0.3 is 30.4 Å². The summed E-state index contributed by atoms with van der Waals surface area (Å²) in [6.45, 7) is 12.5. The smallest absolute Gasteiger partial charge is 0.427 e. The van der Waals surface area contributed by atoms with Crippen LogP contribution in [0.15, 0.2) is 6.20 Å². The van der Waals surface area contributed by atoms with Gasteiger partial charge in [0.2, 0.25) is 5.91 Å². The van der Waals surface area contributed by atoms with E-state index in [1.54, 1.807) is 41.5 Å². The van der Waals surface area contributed by atoms with Crippen LogP contribution in [0.2, 0.25) is 0 Å². The number of halogens is 3. The number of amides is 4. The standard InChI is InChI=1S/C27H38F3N5O9/c1-23(2,3)42-20(38)34-14-15(27(28,29)30)11-26(17(34)36,18(37)41-10)12-16-13-31-19(33-32-16)35(21(39)43-24(4,5)6)22(40)44-25(7,8)9/h13,15H,11-12,14H2,1-10H3/t15-,26?/m1/s1. The Bertz CT molecular complexity index is 1240. The third kappa shape index (κ3) is 9.22. The summed E-state index contributed by atoms with van der Waals surface area (Å²) in [5, 5.41) is 7.55. The van der Waals surface area contributed by atoms with Gasteiger partial charge in [0, 0.05) is 13.0 Å². The van der Waals surface area contributed by atoms with Gasteiger partial charge in [-0.25, -0.2) is 24.3 Å². The monoisotopic (exact) mass is 633 g/mol. The van der Waals surface area contributed by atoms with E-state index in [0.29, 0.717) is 4.90 Å². The number of nitrogens with zero attached hydrogens (tertiary/aromatic N) is 5. The van der Waals surface area contributed by atoms with Crippen molar-refractivity contribution in [2.24, 2.45) is 11.3 Å².